The summed E-state index contributed by atoms with van der Waals surface area (Å²) in [5.74, 6) is -0.539. The molecular weight excluding hydrogens is 286 g/mol. The number of carbonyl (C=O) groups is 1. The van der Waals surface area contributed by atoms with Crippen LogP contribution in [0.4, 0.5) is 5.69 Å². The Kier molecular flexibility index (Phi) is 4.88. The van der Waals surface area contributed by atoms with Crippen molar-refractivity contribution in [3.05, 3.63) is 35.7 Å². The number of carboxylic acid groups (broad SMARTS) is 1. The van der Waals surface area contributed by atoms with Crippen molar-refractivity contribution in [1.82, 2.24) is 9.78 Å². The number of rotatable bonds is 7. The minimum absolute atomic E-state index is 0.0793. The number of ether oxygens (including phenoxy) is 1. The van der Waals surface area contributed by atoms with Crippen molar-refractivity contribution in [2.75, 3.05) is 11.9 Å². The van der Waals surface area contributed by atoms with Crippen LogP contribution in [0.1, 0.15) is 29.9 Å². The summed E-state index contributed by atoms with van der Waals surface area (Å²) in [6.07, 6.45) is 1.50. The van der Waals surface area contributed by atoms with Gasteiger partial charge in [-0.3, -0.25) is 4.68 Å². The number of hydrogen-bond donors (Lipinski definition) is 3. The molecule has 0 aliphatic heterocycles. The molecule has 0 amide bonds. The van der Waals surface area contributed by atoms with Gasteiger partial charge in [0.1, 0.15) is 0 Å². The molecule has 0 aliphatic rings. The number of nitrogens with one attached hydrogen (secondary N) is 1. The molecule has 1 aromatic heterocycles. The molecule has 3 N–H and O–H groups in total. The van der Waals surface area contributed by atoms with E-state index in [1.54, 1.807) is 18.2 Å². The van der Waals surface area contributed by atoms with Crippen LogP contribution >= 0.6 is 0 Å². The fourth-order valence-corrected chi connectivity index (χ4v) is 2.12. The van der Waals surface area contributed by atoms with Crippen LogP contribution in [0.25, 0.3) is 0 Å². The minimum Gasteiger partial charge on any atom is -0.504 e. The number of aromatic carboxylic acids is 1. The van der Waals surface area contributed by atoms with Gasteiger partial charge in [-0.1, -0.05) is 6.07 Å². The second-order valence-corrected chi connectivity index (χ2v) is 4.62. The van der Waals surface area contributed by atoms with Gasteiger partial charge in [0.15, 0.2) is 17.2 Å². The third kappa shape index (κ3) is 3.30. The topological polar surface area (TPSA) is 96.6 Å². The normalized spacial score (nSPS) is 10.5. The van der Waals surface area contributed by atoms with Gasteiger partial charge in [0, 0.05) is 13.1 Å². The standard InChI is InChI=1S/C15H19N3O4/c1-3-18-14(15(20)21)11(9-17-18)16-8-10-5-6-12(19)13(7-10)22-4-2/h5-7,9,16,19H,3-4,8H2,1-2H3,(H,20,21). The van der Waals surface area contributed by atoms with Crippen molar-refractivity contribution in [1.29, 1.82) is 0 Å². The van der Waals surface area contributed by atoms with Crippen molar-refractivity contribution in [3.8, 4) is 11.5 Å². The summed E-state index contributed by atoms with van der Waals surface area (Å²) >= 11 is 0. The van der Waals surface area contributed by atoms with E-state index in [9.17, 15) is 15.0 Å². The van der Waals surface area contributed by atoms with Crippen LogP contribution in [-0.2, 0) is 13.1 Å². The first kappa shape index (κ1) is 15.7. The molecule has 0 spiro atoms. The Morgan fingerprint density at radius 3 is 2.82 bits per heavy atom. The summed E-state index contributed by atoms with van der Waals surface area (Å²) < 4.78 is 6.75. The lowest BCUT2D eigenvalue weighted by Gasteiger charge is -2.10. The average Bonchev–Trinajstić information content (AvgIpc) is 2.91. The van der Waals surface area contributed by atoms with Crippen LogP contribution in [0.15, 0.2) is 24.4 Å². The van der Waals surface area contributed by atoms with Crippen molar-refractivity contribution in [3.63, 3.8) is 0 Å². The van der Waals surface area contributed by atoms with Crippen LogP contribution in [0.2, 0.25) is 0 Å². The highest BCUT2D eigenvalue weighted by molar-refractivity contribution is 5.92. The monoisotopic (exact) mass is 305 g/mol. The van der Waals surface area contributed by atoms with Crippen LogP contribution in [0.3, 0.4) is 0 Å². The van der Waals surface area contributed by atoms with E-state index in [0.29, 0.717) is 31.1 Å². The van der Waals surface area contributed by atoms with Crippen molar-refractivity contribution < 1.29 is 19.7 Å². The predicted octanol–water partition coefficient (Wildman–Crippen LogP) is 2.32. The summed E-state index contributed by atoms with van der Waals surface area (Å²) in [4.78, 5) is 11.3. The summed E-state index contributed by atoms with van der Waals surface area (Å²) in [6.45, 7) is 5.00. The number of carboxylic acids is 1. The Hall–Kier alpha value is -2.70. The van der Waals surface area contributed by atoms with Gasteiger partial charge in [0.2, 0.25) is 0 Å². The SMILES string of the molecule is CCOc1cc(CNc2cnn(CC)c2C(=O)O)ccc1O. The maximum absolute atomic E-state index is 11.3. The van der Waals surface area contributed by atoms with Gasteiger partial charge in [-0.25, -0.2) is 4.79 Å². The van der Waals surface area contributed by atoms with E-state index in [-0.39, 0.29) is 11.4 Å². The first-order valence-corrected chi connectivity index (χ1v) is 7.04. The van der Waals surface area contributed by atoms with Crippen molar-refractivity contribution in [2.24, 2.45) is 0 Å². The Morgan fingerprint density at radius 2 is 2.18 bits per heavy atom. The molecule has 1 aromatic carbocycles. The third-order valence-electron chi connectivity index (χ3n) is 3.15. The van der Waals surface area contributed by atoms with E-state index in [1.165, 1.54) is 10.9 Å². The highest BCUT2D eigenvalue weighted by Gasteiger charge is 2.16. The molecule has 118 valence electrons. The number of aromatic hydroxyl groups is 1. The second-order valence-electron chi connectivity index (χ2n) is 4.62. The Balaban J connectivity index is 2.15. The summed E-state index contributed by atoms with van der Waals surface area (Å²) in [5, 5.41) is 26.0. The first-order chi connectivity index (χ1) is 10.6. The maximum Gasteiger partial charge on any atom is 0.356 e. The van der Waals surface area contributed by atoms with Crippen LogP contribution in [-0.4, -0.2) is 32.6 Å². The largest absolute Gasteiger partial charge is 0.504 e. The fourth-order valence-electron chi connectivity index (χ4n) is 2.12. The molecule has 0 atom stereocenters. The highest BCUT2D eigenvalue weighted by atomic mass is 16.5. The quantitative estimate of drug-likeness (QED) is 0.726. The van der Waals surface area contributed by atoms with Gasteiger partial charge in [-0.15, -0.1) is 0 Å². The maximum atomic E-state index is 11.3. The molecule has 0 unspecified atom stereocenters. The van der Waals surface area contributed by atoms with Crippen LogP contribution in [0.5, 0.6) is 11.5 Å². The summed E-state index contributed by atoms with van der Waals surface area (Å²) in [7, 11) is 0. The van der Waals surface area contributed by atoms with E-state index < -0.39 is 5.97 Å². The number of benzene rings is 1. The van der Waals surface area contributed by atoms with E-state index in [4.69, 9.17) is 4.74 Å². The Labute approximate surface area is 128 Å². The molecule has 0 aliphatic carbocycles. The molecule has 0 bridgehead atoms. The molecule has 7 nitrogen and oxygen atoms in total. The molecule has 1 heterocycles. The number of aromatic nitrogens is 2. The molecule has 2 rings (SSSR count). The van der Waals surface area contributed by atoms with Crippen molar-refractivity contribution in [2.45, 2.75) is 26.9 Å². The second kappa shape index (κ2) is 6.84. The average molecular weight is 305 g/mol. The number of phenols is 1. The van der Waals surface area contributed by atoms with Gasteiger partial charge < -0.3 is 20.3 Å². The van der Waals surface area contributed by atoms with Gasteiger partial charge in [-0.05, 0) is 31.5 Å². The zero-order valence-corrected chi connectivity index (χ0v) is 12.5. The fraction of sp³-hybridized carbons (Fsp3) is 0.333. The lowest BCUT2D eigenvalue weighted by atomic mass is 10.2. The number of hydrogen-bond acceptors (Lipinski definition) is 5. The molecule has 7 heteroatoms. The van der Waals surface area contributed by atoms with E-state index in [1.807, 2.05) is 13.8 Å². The number of aryl methyl sites for hydroxylation is 1. The van der Waals surface area contributed by atoms with Crippen molar-refractivity contribution >= 4 is 11.7 Å². The smallest absolute Gasteiger partial charge is 0.356 e. The molecular formula is C15H19N3O4. The zero-order chi connectivity index (χ0) is 16.1. The number of anilines is 1. The number of nitrogens with zero attached hydrogens (tertiary/aromatic N) is 2. The van der Waals surface area contributed by atoms with Crippen LogP contribution < -0.4 is 10.1 Å². The van der Waals surface area contributed by atoms with E-state index in [2.05, 4.69) is 10.4 Å². The molecule has 22 heavy (non-hydrogen) atoms. The Bertz CT molecular complexity index is 667. The van der Waals surface area contributed by atoms with Gasteiger partial charge in [0.25, 0.3) is 0 Å². The zero-order valence-electron chi connectivity index (χ0n) is 12.5. The third-order valence-corrected chi connectivity index (χ3v) is 3.15. The predicted molar refractivity (Wildman–Crippen MR) is 81.5 cm³/mol. The minimum atomic E-state index is -1.03. The summed E-state index contributed by atoms with van der Waals surface area (Å²) in [5.41, 5.74) is 1.45. The van der Waals surface area contributed by atoms with E-state index >= 15 is 0 Å². The molecule has 0 fully saturated rings. The van der Waals surface area contributed by atoms with Gasteiger partial charge in [-0.2, -0.15) is 5.10 Å². The summed E-state index contributed by atoms with van der Waals surface area (Å²) in [6, 6.07) is 5.02. The number of phenolic OH excluding ortho intramolecular Hbond substituents is 1. The van der Waals surface area contributed by atoms with Gasteiger partial charge in [0.05, 0.1) is 18.5 Å². The van der Waals surface area contributed by atoms with E-state index in [0.717, 1.165) is 5.56 Å². The van der Waals surface area contributed by atoms with Crippen LogP contribution in [0, 0.1) is 0 Å². The first-order valence-electron chi connectivity index (χ1n) is 7.04. The lowest BCUT2D eigenvalue weighted by molar-refractivity contribution is 0.0684. The van der Waals surface area contributed by atoms with Gasteiger partial charge >= 0.3 is 5.97 Å². The molecule has 0 saturated heterocycles. The molecule has 2 aromatic rings. The highest BCUT2D eigenvalue weighted by Crippen LogP contribution is 2.27. The lowest BCUT2D eigenvalue weighted by Crippen LogP contribution is -2.11. The molecule has 0 radical (unpaired) electrons. The Morgan fingerprint density at radius 1 is 1.41 bits per heavy atom. The molecule has 0 saturated carbocycles.